The van der Waals surface area contributed by atoms with Gasteiger partial charge in [-0.15, -0.1) is 0 Å². The zero-order chi connectivity index (χ0) is 12.6. The lowest BCUT2D eigenvalue weighted by Gasteiger charge is -2.08. The summed E-state index contributed by atoms with van der Waals surface area (Å²) < 4.78 is 2.00. The van der Waals surface area contributed by atoms with Gasteiger partial charge in [-0.3, -0.25) is 4.68 Å². The molecule has 92 valence electrons. The summed E-state index contributed by atoms with van der Waals surface area (Å²) in [6.07, 6.45) is 1.05. The van der Waals surface area contributed by atoms with Gasteiger partial charge in [0.1, 0.15) is 0 Å². The van der Waals surface area contributed by atoms with Gasteiger partial charge in [0.05, 0.1) is 5.52 Å². The Kier molecular flexibility index (Phi) is 3.20. The Morgan fingerprint density at radius 1 is 1.29 bits per heavy atom. The van der Waals surface area contributed by atoms with Crippen LogP contribution in [0, 0.1) is 5.92 Å². The Labute approximate surface area is 103 Å². The van der Waals surface area contributed by atoms with Gasteiger partial charge < -0.3 is 5.73 Å². The molecule has 2 N–H and O–H groups in total. The molecule has 17 heavy (non-hydrogen) atoms. The van der Waals surface area contributed by atoms with Gasteiger partial charge in [-0.1, -0.05) is 19.9 Å². The number of rotatable bonds is 3. The molecule has 1 aromatic carbocycles. The zero-order valence-electron chi connectivity index (χ0n) is 11.1. The molecule has 1 heterocycles. The first-order valence-corrected chi connectivity index (χ1v) is 6.20. The van der Waals surface area contributed by atoms with Crippen molar-refractivity contribution in [2.75, 3.05) is 0 Å². The van der Waals surface area contributed by atoms with Crippen LogP contribution in [0.3, 0.4) is 0 Å². The van der Waals surface area contributed by atoms with Crippen LogP contribution in [0.1, 0.15) is 38.1 Å². The molecule has 0 radical (unpaired) electrons. The third-order valence-electron chi connectivity index (χ3n) is 3.11. The van der Waals surface area contributed by atoms with Gasteiger partial charge in [0.2, 0.25) is 0 Å². The number of hydrogen-bond acceptors (Lipinski definition) is 2. The fourth-order valence-electron chi connectivity index (χ4n) is 2.18. The molecule has 1 unspecified atom stereocenters. The molecule has 3 heteroatoms. The van der Waals surface area contributed by atoms with E-state index in [2.05, 4.69) is 37.1 Å². The molecule has 1 atom stereocenters. The minimum absolute atomic E-state index is 0.0755. The van der Waals surface area contributed by atoms with E-state index in [9.17, 15) is 0 Å². The molecule has 0 spiro atoms. The van der Waals surface area contributed by atoms with Crippen molar-refractivity contribution in [3.63, 3.8) is 0 Å². The van der Waals surface area contributed by atoms with Crippen molar-refractivity contribution in [2.24, 2.45) is 18.7 Å². The maximum Gasteiger partial charge on any atom is 0.0926 e. The maximum absolute atomic E-state index is 5.94. The van der Waals surface area contributed by atoms with Crippen LogP contribution in [0.5, 0.6) is 0 Å². The smallest absolute Gasteiger partial charge is 0.0926 e. The molecule has 0 aliphatic carbocycles. The molecule has 0 fully saturated rings. The maximum atomic E-state index is 5.94. The number of aryl methyl sites for hydroxylation is 1. The van der Waals surface area contributed by atoms with Crippen molar-refractivity contribution in [3.8, 4) is 0 Å². The minimum atomic E-state index is 0.0755. The minimum Gasteiger partial charge on any atom is -0.324 e. The van der Waals surface area contributed by atoms with Crippen LogP contribution in [-0.4, -0.2) is 9.78 Å². The zero-order valence-corrected chi connectivity index (χ0v) is 11.1. The van der Waals surface area contributed by atoms with Crippen molar-refractivity contribution < 1.29 is 0 Å². The van der Waals surface area contributed by atoms with Crippen LogP contribution in [0.25, 0.3) is 10.9 Å². The van der Waals surface area contributed by atoms with E-state index in [0.717, 1.165) is 11.9 Å². The predicted octanol–water partition coefficient (Wildman–Crippen LogP) is 2.79. The summed E-state index contributed by atoms with van der Waals surface area (Å²) in [6.45, 7) is 6.47. The number of hydrogen-bond donors (Lipinski definition) is 1. The van der Waals surface area contributed by atoms with Gasteiger partial charge in [0, 0.05) is 24.2 Å². The molecule has 2 rings (SSSR count). The highest BCUT2D eigenvalue weighted by Gasteiger charge is 2.11. The van der Waals surface area contributed by atoms with E-state index in [1.54, 1.807) is 0 Å². The average Bonchev–Trinajstić information content (AvgIpc) is 2.54. The molecule has 0 saturated carbocycles. The average molecular weight is 231 g/mol. The summed E-state index contributed by atoms with van der Waals surface area (Å²) in [4.78, 5) is 0. The van der Waals surface area contributed by atoms with Gasteiger partial charge in [-0.05, 0) is 37.0 Å². The summed E-state index contributed by atoms with van der Waals surface area (Å²) in [7, 11) is 2.02. The molecule has 1 aromatic heterocycles. The fraction of sp³-hybridized carbons (Fsp3) is 0.500. The molecule has 0 aliphatic heterocycles. The lowest BCUT2D eigenvalue weighted by atomic mass is 10.0. The van der Waals surface area contributed by atoms with Crippen molar-refractivity contribution in [2.45, 2.75) is 33.2 Å². The summed E-state index contributed by atoms with van der Waals surface area (Å²) in [5, 5.41) is 5.79. The number of fused-ring (bicyclic) bond motifs is 1. The Hall–Kier alpha value is -1.35. The standard InChI is InChI=1S/C14H21N3/c1-9(2)7-14-12-8-11(10(3)15)5-6-13(12)16-17(14)4/h5-6,8-10H,7,15H2,1-4H3. The Bertz CT molecular complexity index is 523. The topological polar surface area (TPSA) is 43.8 Å². The van der Waals surface area contributed by atoms with Gasteiger partial charge in [0.25, 0.3) is 0 Å². The summed E-state index contributed by atoms with van der Waals surface area (Å²) >= 11 is 0. The quantitative estimate of drug-likeness (QED) is 0.882. The summed E-state index contributed by atoms with van der Waals surface area (Å²) in [5.41, 5.74) is 9.48. The van der Waals surface area contributed by atoms with Crippen molar-refractivity contribution in [3.05, 3.63) is 29.5 Å². The van der Waals surface area contributed by atoms with E-state index >= 15 is 0 Å². The highest BCUT2D eigenvalue weighted by molar-refractivity contribution is 5.82. The largest absolute Gasteiger partial charge is 0.324 e. The second-order valence-electron chi connectivity index (χ2n) is 5.23. The second-order valence-corrected chi connectivity index (χ2v) is 5.23. The van der Waals surface area contributed by atoms with E-state index < -0.39 is 0 Å². The SMILES string of the molecule is CC(C)Cc1c2cc(C(C)N)ccc2nn1C. The molecular formula is C14H21N3. The Morgan fingerprint density at radius 2 is 2.00 bits per heavy atom. The lowest BCUT2D eigenvalue weighted by Crippen LogP contribution is -2.05. The van der Waals surface area contributed by atoms with Crippen molar-refractivity contribution >= 4 is 10.9 Å². The van der Waals surface area contributed by atoms with Crippen molar-refractivity contribution in [1.82, 2.24) is 9.78 Å². The van der Waals surface area contributed by atoms with Crippen LogP contribution >= 0.6 is 0 Å². The number of aromatic nitrogens is 2. The normalized spacial score (nSPS) is 13.5. The first-order valence-electron chi connectivity index (χ1n) is 6.20. The monoisotopic (exact) mass is 231 g/mol. The fourth-order valence-corrected chi connectivity index (χ4v) is 2.18. The molecule has 0 aliphatic rings. The number of nitrogens with zero attached hydrogens (tertiary/aromatic N) is 2. The van der Waals surface area contributed by atoms with Crippen LogP contribution in [0.4, 0.5) is 0 Å². The highest BCUT2D eigenvalue weighted by atomic mass is 15.3. The van der Waals surface area contributed by atoms with Gasteiger partial charge in [-0.2, -0.15) is 5.10 Å². The summed E-state index contributed by atoms with van der Waals surface area (Å²) in [5.74, 6) is 0.632. The lowest BCUT2D eigenvalue weighted by molar-refractivity contribution is 0.599. The third-order valence-corrected chi connectivity index (χ3v) is 3.11. The van der Waals surface area contributed by atoms with Crippen molar-refractivity contribution in [1.29, 1.82) is 0 Å². The molecule has 0 saturated heterocycles. The summed E-state index contributed by atoms with van der Waals surface area (Å²) in [6, 6.07) is 6.40. The molecular weight excluding hydrogens is 210 g/mol. The van der Waals surface area contributed by atoms with E-state index in [1.165, 1.54) is 16.6 Å². The van der Waals surface area contributed by atoms with Crippen LogP contribution in [0.2, 0.25) is 0 Å². The Balaban J connectivity index is 2.56. The Morgan fingerprint density at radius 3 is 2.59 bits per heavy atom. The van der Waals surface area contributed by atoms with E-state index in [0.29, 0.717) is 5.92 Å². The van der Waals surface area contributed by atoms with Gasteiger partial charge >= 0.3 is 0 Å². The van der Waals surface area contributed by atoms with Gasteiger partial charge in [-0.25, -0.2) is 0 Å². The molecule has 0 amide bonds. The predicted molar refractivity (Wildman–Crippen MR) is 71.9 cm³/mol. The number of benzene rings is 1. The molecule has 2 aromatic rings. The van der Waals surface area contributed by atoms with E-state index in [4.69, 9.17) is 5.73 Å². The number of nitrogens with two attached hydrogens (primary N) is 1. The van der Waals surface area contributed by atoms with Gasteiger partial charge in [0.15, 0.2) is 0 Å². The molecule has 0 bridgehead atoms. The van der Waals surface area contributed by atoms with E-state index in [-0.39, 0.29) is 6.04 Å². The second kappa shape index (κ2) is 4.49. The van der Waals surface area contributed by atoms with Crippen LogP contribution < -0.4 is 5.73 Å². The first kappa shape index (κ1) is 12.1. The van der Waals surface area contributed by atoms with Crippen LogP contribution in [-0.2, 0) is 13.5 Å². The molecule has 3 nitrogen and oxygen atoms in total. The third kappa shape index (κ3) is 2.34. The highest BCUT2D eigenvalue weighted by Crippen LogP contribution is 2.23. The first-order chi connectivity index (χ1) is 7.99. The van der Waals surface area contributed by atoms with E-state index in [1.807, 2.05) is 18.7 Å². The van der Waals surface area contributed by atoms with Crippen LogP contribution in [0.15, 0.2) is 18.2 Å².